The molecule has 5 rings (SSSR count). The molecule has 1 unspecified atom stereocenters. The Morgan fingerprint density at radius 3 is 2.61 bits per heavy atom. The highest BCUT2D eigenvalue weighted by Gasteiger charge is 2.27. The Labute approximate surface area is 257 Å². The summed E-state index contributed by atoms with van der Waals surface area (Å²) in [4.78, 5) is 21.2. The van der Waals surface area contributed by atoms with E-state index >= 15 is 0 Å². The summed E-state index contributed by atoms with van der Waals surface area (Å²) in [6.45, 7) is 2.53. The summed E-state index contributed by atoms with van der Waals surface area (Å²) < 4.78 is 19.0. The summed E-state index contributed by atoms with van der Waals surface area (Å²) in [5.74, 6) is 2.63. The number of rotatable bonds is 14. The Morgan fingerprint density at radius 2 is 1.86 bits per heavy atom. The van der Waals surface area contributed by atoms with Crippen LogP contribution in [0.15, 0.2) is 79.0 Å². The van der Waals surface area contributed by atoms with E-state index in [0.717, 1.165) is 17.7 Å². The number of hydrogen-bond acceptors (Lipinski definition) is 9. The highest BCUT2D eigenvalue weighted by atomic mass is 16.5. The summed E-state index contributed by atoms with van der Waals surface area (Å²) in [5, 5.41) is 19.8. The molecule has 2 N–H and O–H groups in total. The predicted molar refractivity (Wildman–Crippen MR) is 169 cm³/mol. The van der Waals surface area contributed by atoms with Crippen LogP contribution in [-0.2, 0) is 11.3 Å². The first kappa shape index (κ1) is 30.8. The van der Waals surface area contributed by atoms with Crippen LogP contribution in [0, 0.1) is 0 Å². The van der Waals surface area contributed by atoms with Crippen LogP contribution in [0.2, 0.25) is 0 Å². The van der Waals surface area contributed by atoms with Crippen molar-refractivity contribution >= 4 is 22.8 Å². The maximum absolute atomic E-state index is 12.7. The van der Waals surface area contributed by atoms with Crippen LogP contribution in [0.4, 0.5) is 5.82 Å². The van der Waals surface area contributed by atoms with Gasteiger partial charge in [-0.3, -0.25) is 4.79 Å². The number of methoxy groups -OCH3 is 1. The van der Waals surface area contributed by atoms with Crippen LogP contribution in [0.5, 0.6) is 17.2 Å². The van der Waals surface area contributed by atoms with Crippen molar-refractivity contribution in [3.8, 4) is 17.2 Å². The van der Waals surface area contributed by atoms with E-state index in [4.69, 9.17) is 19.3 Å². The number of carbonyl (C=O) groups is 1. The number of amides is 1. The normalized spacial score (nSPS) is 15.7. The lowest BCUT2D eigenvalue weighted by Crippen LogP contribution is -2.30. The number of likely N-dealkylation sites (N-methyl/N-ethyl adjacent to an activating group) is 1. The minimum Gasteiger partial charge on any atom is -0.497 e. The second-order valence-corrected chi connectivity index (χ2v) is 11.0. The van der Waals surface area contributed by atoms with Crippen molar-refractivity contribution in [2.75, 3.05) is 59.4 Å². The molecule has 2 aromatic heterocycles. The first-order chi connectivity index (χ1) is 21.4. The van der Waals surface area contributed by atoms with Crippen molar-refractivity contribution < 1.29 is 24.1 Å². The number of carbonyl (C=O) groups excluding carboxylic acids is 1. The number of nitrogens with zero attached hydrogens (tertiary/aromatic N) is 5. The predicted octanol–water partition coefficient (Wildman–Crippen LogP) is 3.44. The number of para-hydroxylation sites is 1. The molecule has 3 heterocycles. The lowest BCUT2D eigenvalue weighted by molar-refractivity contribution is -0.125. The standard InChI is InChI=1S/C33H40N6O5/c1-37(2)18-7-10-30(41)38-19-16-25(21-38)35-32-31-29(44-23-26(40)22-43-28-8-5-4-6-9-28)15-17-34-33(31)39(36-32)20-24-11-13-27(42-3)14-12-24/h4-15,17,25-26,40H,16,18-23H2,1-3H3,(H,35,36)/b10-7+/t25-,26?/m1/s1. The minimum atomic E-state index is -0.848. The summed E-state index contributed by atoms with van der Waals surface area (Å²) in [6.07, 6.45) is 5.14. The largest absolute Gasteiger partial charge is 0.497 e. The van der Waals surface area contributed by atoms with Gasteiger partial charge in [0.1, 0.15) is 42.0 Å². The lowest BCUT2D eigenvalue weighted by atomic mass is 10.2. The molecule has 4 aromatic rings. The van der Waals surface area contributed by atoms with Gasteiger partial charge in [0.2, 0.25) is 5.91 Å². The number of ether oxygens (including phenoxy) is 3. The van der Waals surface area contributed by atoms with Crippen molar-refractivity contribution in [2.24, 2.45) is 0 Å². The average molecular weight is 601 g/mol. The number of aromatic nitrogens is 3. The van der Waals surface area contributed by atoms with Gasteiger partial charge >= 0.3 is 0 Å². The summed E-state index contributed by atoms with van der Waals surface area (Å²) in [7, 11) is 5.57. The Balaban J connectivity index is 1.34. The first-order valence-corrected chi connectivity index (χ1v) is 14.7. The molecule has 0 spiro atoms. The molecule has 2 aromatic carbocycles. The van der Waals surface area contributed by atoms with Crippen molar-refractivity contribution in [1.82, 2.24) is 24.6 Å². The van der Waals surface area contributed by atoms with Crippen molar-refractivity contribution in [2.45, 2.75) is 25.1 Å². The van der Waals surface area contributed by atoms with Crippen molar-refractivity contribution in [3.63, 3.8) is 0 Å². The number of hydrogen-bond donors (Lipinski definition) is 2. The second kappa shape index (κ2) is 14.7. The molecule has 232 valence electrons. The Hall–Kier alpha value is -4.61. The van der Waals surface area contributed by atoms with Gasteiger partial charge < -0.3 is 34.4 Å². The molecule has 1 saturated heterocycles. The molecule has 1 fully saturated rings. The number of likely N-dealkylation sites (tertiary alicyclic amines) is 1. The number of fused-ring (bicyclic) bond motifs is 1. The fraction of sp³-hybridized carbons (Fsp3) is 0.364. The van der Waals surface area contributed by atoms with Crippen LogP contribution >= 0.6 is 0 Å². The van der Waals surface area contributed by atoms with E-state index < -0.39 is 6.10 Å². The maximum atomic E-state index is 12.7. The quantitative estimate of drug-likeness (QED) is 0.210. The van der Waals surface area contributed by atoms with Gasteiger partial charge in [-0.05, 0) is 56.4 Å². The van der Waals surface area contributed by atoms with Crippen LogP contribution < -0.4 is 19.5 Å². The highest BCUT2D eigenvalue weighted by Crippen LogP contribution is 2.33. The van der Waals surface area contributed by atoms with Crippen LogP contribution in [-0.4, -0.2) is 102 Å². The average Bonchev–Trinajstić information content (AvgIpc) is 3.65. The summed E-state index contributed by atoms with van der Waals surface area (Å²) >= 11 is 0. The molecule has 1 aliphatic rings. The molecule has 0 bridgehead atoms. The van der Waals surface area contributed by atoms with Gasteiger partial charge in [-0.2, -0.15) is 5.10 Å². The monoisotopic (exact) mass is 600 g/mol. The number of anilines is 1. The molecule has 11 heteroatoms. The van der Waals surface area contributed by atoms with E-state index in [1.807, 2.05) is 89.3 Å². The Morgan fingerprint density at radius 1 is 1.09 bits per heavy atom. The van der Waals surface area contributed by atoms with E-state index in [-0.39, 0.29) is 25.2 Å². The van der Waals surface area contributed by atoms with Gasteiger partial charge in [-0.25, -0.2) is 9.67 Å². The number of benzene rings is 2. The molecule has 0 radical (unpaired) electrons. The number of pyridine rings is 1. The van der Waals surface area contributed by atoms with Gasteiger partial charge in [-0.15, -0.1) is 0 Å². The van der Waals surface area contributed by atoms with Gasteiger partial charge in [0.15, 0.2) is 11.5 Å². The van der Waals surface area contributed by atoms with E-state index in [9.17, 15) is 9.90 Å². The van der Waals surface area contributed by atoms with Gasteiger partial charge in [0, 0.05) is 37.9 Å². The number of nitrogens with one attached hydrogen (secondary N) is 1. The van der Waals surface area contributed by atoms with Crippen LogP contribution in [0.3, 0.4) is 0 Å². The van der Waals surface area contributed by atoms with Crippen molar-refractivity contribution in [3.05, 3.63) is 84.6 Å². The van der Waals surface area contributed by atoms with E-state index in [2.05, 4.69) is 10.3 Å². The topological polar surface area (TPSA) is 114 Å². The van der Waals surface area contributed by atoms with Gasteiger partial charge in [0.05, 0.1) is 13.7 Å². The molecule has 1 aliphatic heterocycles. The Kier molecular flexibility index (Phi) is 10.3. The van der Waals surface area contributed by atoms with E-state index in [1.54, 1.807) is 25.4 Å². The van der Waals surface area contributed by atoms with Crippen LogP contribution in [0.1, 0.15) is 12.0 Å². The third-order valence-electron chi connectivity index (χ3n) is 7.27. The van der Waals surface area contributed by atoms with E-state index in [0.29, 0.717) is 54.5 Å². The summed E-state index contributed by atoms with van der Waals surface area (Å²) in [5.41, 5.74) is 1.68. The second-order valence-electron chi connectivity index (χ2n) is 11.0. The van der Waals surface area contributed by atoms with Gasteiger partial charge in [-0.1, -0.05) is 36.4 Å². The number of aliphatic hydroxyl groups excluding tert-OH is 1. The zero-order chi connectivity index (χ0) is 30.9. The first-order valence-electron chi connectivity index (χ1n) is 14.7. The SMILES string of the molecule is COc1ccc(Cn2nc(N[C@@H]3CCN(C(=O)/C=C/CN(C)C)C3)c3c(OCC(O)COc4ccccc4)ccnc32)cc1. The molecular formula is C33H40N6O5. The molecule has 1 amide bonds. The molecule has 2 atom stereocenters. The van der Waals surface area contributed by atoms with Crippen LogP contribution in [0.25, 0.3) is 11.0 Å². The molecule has 0 saturated carbocycles. The fourth-order valence-electron chi connectivity index (χ4n) is 4.99. The molecule has 11 nitrogen and oxygen atoms in total. The van der Waals surface area contributed by atoms with Gasteiger partial charge in [0.25, 0.3) is 0 Å². The molecule has 44 heavy (non-hydrogen) atoms. The van der Waals surface area contributed by atoms with Crippen molar-refractivity contribution in [1.29, 1.82) is 0 Å². The molecular weight excluding hydrogens is 560 g/mol. The number of aliphatic hydroxyl groups is 1. The fourth-order valence-corrected chi connectivity index (χ4v) is 4.99. The smallest absolute Gasteiger partial charge is 0.246 e. The molecule has 0 aliphatic carbocycles. The zero-order valence-corrected chi connectivity index (χ0v) is 25.4. The third kappa shape index (κ3) is 8.06. The highest BCUT2D eigenvalue weighted by molar-refractivity contribution is 5.93. The third-order valence-corrected chi connectivity index (χ3v) is 7.27. The maximum Gasteiger partial charge on any atom is 0.246 e. The minimum absolute atomic E-state index is 0.00319. The Bertz CT molecular complexity index is 1540. The summed E-state index contributed by atoms with van der Waals surface area (Å²) in [6, 6.07) is 18.9. The lowest BCUT2D eigenvalue weighted by Gasteiger charge is -2.16. The van der Waals surface area contributed by atoms with E-state index in [1.165, 1.54) is 0 Å². The zero-order valence-electron chi connectivity index (χ0n) is 25.4.